The first-order chi connectivity index (χ1) is 7.56. The van der Waals surface area contributed by atoms with Crippen LogP contribution in [0.2, 0.25) is 10.0 Å². The van der Waals surface area contributed by atoms with Crippen LogP contribution in [0.15, 0.2) is 28.9 Å². The van der Waals surface area contributed by atoms with E-state index in [0.717, 1.165) is 15.9 Å². The van der Waals surface area contributed by atoms with E-state index in [0.29, 0.717) is 15.9 Å². The van der Waals surface area contributed by atoms with Crippen molar-refractivity contribution >= 4 is 39.1 Å². The fourth-order valence-electron chi connectivity index (χ4n) is 1.33. The van der Waals surface area contributed by atoms with Crippen LogP contribution in [0.4, 0.5) is 0 Å². The molecule has 2 nitrogen and oxygen atoms in total. The number of aromatic nitrogens is 2. The predicted octanol–water partition coefficient (Wildman–Crippen LogP) is 4.52. The molecule has 0 bridgehead atoms. The molecular formula is C11H7BrCl2N2. The third-order valence-corrected chi connectivity index (χ3v) is 3.17. The molecule has 0 N–H and O–H groups in total. The average Bonchev–Trinajstić information content (AvgIpc) is 2.20. The highest BCUT2D eigenvalue weighted by Crippen LogP contribution is 2.28. The van der Waals surface area contributed by atoms with Crippen molar-refractivity contribution in [1.82, 2.24) is 9.97 Å². The van der Waals surface area contributed by atoms with Crippen LogP contribution >= 0.6 is 39.1 Å². The molecule has 16 heavy (non-hydrogen) atoms. The Kier molecular flexibility index (Phi) is 3.47. The fourth-order valence-corrected chi connectivity index (χ4v) is 2.11. The van der Waals surface area contributed by atoms with Gasteiger partial charge in [-0.3, -0.25) is 0 Å². The third kappa shape index (κ3) is 2.54. The highest BCUT2D eigenvalue weighted by molar-refractivity contribution is 9.10. The summed E-state index contributed by atoms with van der Waals surface area (Å²) in [4.78, 5) is 8.48. The van der Waals surface area contributed by atoms with Crippen molar-refractivity contribution < 1.29 is 0 Å². The van der Waals surface area contributed by atoms with E-state index in [1.165, 1.54) is 0 Å². The van der Waals surface area contributed by atoms with Gasteiger partial charge in [0.25, 0.3) is 0 Å². The first kappa shape index (κ1) is 11.8. The van der Waals surface area contributed by atoms with Crippen LogP contribution < -0.4 is 0 Å². The van der Waals surface area contributed by atoms with Gasteiger partial charge in [-0.1, -0.05) is 29.3 Å². The summed E-state index contributed by atoms with van der Waals surface area (Å²) in [6, 6.07) is 7.26. The minimum Gasteiger partial charge on any atom is -0.233 e. The summed E-state index contributed by atoms with van der Waals surface area (Å²) in [6.45, 7) is 1.84. The van der Waals surface area contributed by atoms with Crippen molar-refractivity contribution in [2.75, 3.05) is 0 Å². The van der Waals surface area contributed by atoms with Gasteiger partial charge in [0.15, 0.2) is 0 Å². The molecule has 82 valence electrons. The number of benzene rings is 1. The smallest absolute Gasteiger partial charge is 0.127 e. The highest BCUT2D eigenvalue weighted by Gasteiger charge is 2.05. The number of nitrogens with zero attached hydrogens (tertiary/aromatic N) is 2. The predicted molar refractivity (Wildman–Crippen MR) is 69.9 cm³/mol. The Balaban J connectivity index is 2.54. The van der Waals surface area contributed by atoms with Gasteiger partial charge in [0.1, 0.15) is 10.4 Å². The van der Waals surface area contributed by atoms with E-state index >= 15 is 0 Å². The van der Waals surface area contributed by atoms with E-state index in [-0.39, 0.29) is 0 Å². The van der Waals surface area contributed by atoms with Crippen LogP contribution in [-0.2, 0) is 0 Å². The zero-order chi connectivity index (χ0) is 11.7. The maximum atomic E-state index is 5.96. The normalized spacial score (nSPS) is 10.5. The van der Waals surface area contributed by atoms with E-state index in [1.807, 2.05) is 19.1 Å². The monoisotopic (exact) mass is 316 g/mol. The second-order valence-corrected chi connectivity index (χ2v) is 4.88. The molecule has 0 fully saturated rings. The molecule has 0 radical (unpaired) electrons. The maximum absolute atomic E-state index is 5.96. The van der Waals surface area contributed by atoms with Gasteiger partial charge in [0, 0.05) is 5.56 Å². The summed E-state index contributed by atoms with van der Waals surface area (Å²) in [5.74, 6) is 0.704. The molecule has 2 rings (SSSR count). The van der Waals surface area contributed by atoms with E-state index in [9.17, 15) is 0 Å². The van der Waals surface area contributed by atoms with E-state index in [1.54, 1.807) is 12.1 Å². The summed E-state index contributed by atoms with van der Waals surface area (Å²) in [6.07, 6.45) is 0. The molecule has 0 atom stereocenters. The van der Waals surface area contributed by atoms with Gasteiger partial charge in [0.2, 0.25) is 0 Å². The van der Waals surface area contributed by atoms with Crippen molar-refractivity contribution in [3.63, 3.8) is 0 Å². The Hall–Kier alpha value is -0.640. The lowest BCUT2D eigenvalue weighted by Gasteiger charge is -2.04. The first-order valence-corrected chi connectivity index (χ1v) is 6.08. The molecule has 0 saturated carbocycles. The standard InChI is InChI=1S/C11H7BrCl2N2/c1-6-15-10(5-11(12)16-6)7-2-3-8(13)9(14)4-7/h2-5H,1H3. The number of halogens is 3. The van der Waals surface area contributed by atoms with Crippen molar-refractivity contribution in [1.29, 1.82) is 0 Å². The molecule has 1 aromatic heterocycles. The van der Waals surface area contributed by atoms with Crippen molar-refractivity contribution in [3.8, 4) is 11.3 Å². The molecule has 2 aromatic rings. The van der Waals surface area contributed by atoms with E-state index in [2.05, 4.69) is 25.9 Å². The second-order valence-electron chi connectivity index (χ2n) is 3.25. The Morgan fingerprint density at radius 1 is 1.06 bits per heavy atom. The molecule has 0 saturated heterocycles. The third-order valence-electron chi connectivity index (χ3n) is 2.02. The molecule has 0 spiro atoms. The number of aryl methyl sites for hydroxylation is 1. The average molecular weight is 318 g/mol. The van der Waals surface area contributed by atoms with Crippen LogP contribution in [0.3, 0.4) is 0 Å². The molecule has 0 amide bonds. The first-order valence-electron chi connectivity index (χ1n) is 4.53. The SMILES string of the molecule is Cc1nc(Br)cc(-c2ccc(Cl)c(Cl)c2)n1. The number of hydrogen-bond acceptors (Lipinski definition) is 2. The molecule has 0 unspecified atom stereocenters. The van der Waals surface area contributed by atoms with Crippen LogP contribution in [0, 0.1) is 6.92 Å². The minimum atomic E-state index is 0.520. The summed E-state index contributed by atoms with van der Waals surface area (Å²) >= 11 is 15.1. The van der Waals surface area contributed by atoms with Crippen LogP contribution in [-0.4, -0.2) is 9.97 Å². The van der Waals surface area contributed by atoms with Gasteiger partial charge in [-0.15, -0.1) is 0 Å². The molecule has 1 aromatic carbocycles. The van der Waals surface area contributed by atoms with Crippen LogP contribution in [0.1, 0.15) is 5.82 Å². The van der Waals surface area contributed by atoms with E-state index in [4.69, 9.17) is 23.2 Å². The summed E-state index contributed by atoms with van der Waals surface area (Å²) < 4.78 is 0.751. The lowest BCUT2D eigenvalue weighted by Crippen LogP contribution is -1.91. The van der Waals surface area contributed by atoms with Crippen LogP contribution in [0.25, 0.3) is 11.3 Å². The molecule has 1 heterocycles. The highest BCUT2D eigenvalue weighted by atomic mass is 79.9. The van der Waals surface area contributed by atoms with Gasteiger partial charge >= 0.3 is 0 Å². The number of rotatable bonds is 1. The Labute approximate surface area is 112 Å². The lowest BCUT2D eigenvalue weighted by molar-refractivity contribution is 1.04. The maximum Gasteiger partial charge on any atom is 0.127 e. The van der Waals surface area contributed by atoms with Gasteiger partial charge in [-0.25, -0.2) is 9.97 Å². The molecule has 0 aliphatic heterocycles. The van der Waals surface area contributed by atoms with Crippen LogP contribution in [0.5, 0.6) is 0 Å². The Morgan fingerprint density at radius 3 is 2.44 bits per heavy atom. The second kappa shape index (κ2) is 4.70. The minimum absolute atomic E-state index is 0.520. The number of hydrogen-bond donors (Lipinski definition) is 0. The quantitative estimate of drug-likeness (QED) is 0.723. The lowest BCUT2D eigenvalue weighted by atomic mass is 10.1. The zero-order valence-corrected chi connectivity index (χ0v) is 11.4. The van der Waals surface area contributed by atoms with Crippen molar-refractivity contribution in [3.05, 3.63) is 44.7 Å². The topological polar surface area (TPSA) is 25.8 Å². The zero-order valence-electron chi connectivity index (χ0n) is 8.34. The van der Waals surface area contributed by atoms with Gasteiger partial charge < -0.3 is 0 Å². The van der Waals surface area contributed by atoms with Gasteiger partial charge in [-0.2, -0.15) is 0 Å². The molecular weight excluding hydrogens is 311 g/mol. The van der Waals surface area contributed by atoms with Crippen molar-refractivity contribution in [2.45, 2.75) is 6.92 Å². The fraction of sp³-hybridized carbons (Fsp3) is 0.0909. The molecule has 0 aliphatic carbocycles. The summed E-state index contributed by atoms with van der Waals surface area (Å²) in [5.41, 5.74) is 1.73. The molecule has 5 heteroatoms. The molecule has 0 aliphatic rings. The van der Waals surface area contributed by atoms with Crippen molar-refractivity contribution in [2.24, 2.45) is 0 Å². The van der Waals surface area contributed by atoms with E-state index < -0.39 is 0 Å². The Morgan fingerprint density at radius 2 is 1.81 bits per heavy atom. The van der Waals surface area contributed by atoms with Gasteiger partial charge in [-0.05, 0) is 41.1 Å². The summed E-state index contributed by atoms with van der Waals surface area (Å²) in [7, 11) is 0. The van der Waals surface area contributed by atoms with Gasteiger partial charge in [0.05, 0.1) is 15.7 Å². The largest absolute Gasteiger partial charge is 0.233 e. The Bertz CT molecular complexity index is 523. The summed E-state index contributed by atoms with van der Waals surface area (Å²) in [5, 5.41) is 1.06.